The second-order valence-electron chi connectivity index (χ2n) is 6.69. The monoisotopic (exact) mass is 412 g/mol. The average Bonchev–Trinajstić information content (AvgIpc) is 3.26. The highest BCUT2D eigenvalue weighted by Crippen LogP contribution is 2.31. The molecule has 0 saturated carbocycles. The van der Waals surface area contributed by atoms with E-state index in [2.05, 4.69) is 44.4 Å². The minimum absolute atomic E-state index is 0.119. The summed E-state index contributed by atoms with van der Waals surface area (Å²) >= 11 is 2.97. The number of nitrogens with zero attached hydrogens (tertiary/aromatic N) is 5. The number of benzene rings is 1. The second kappa shape index (κ2) is 7.14. The zero-order valence-corrected chi connectivity index (χ0v) is 18.0. The molecule has 144 valence electrons. The first-order chi connectivity index (χ1) is 13.4. The SMILES string of the molecule is CSc1nc2nc(C)c(CC(=O)Nc3nc4c(C)ccc(C)c4s3)c(C)n2n1. The van der Waals surface area contributed by atoms with E-state index < -0.39 is 0 Å². The summed E-state index contributed by atoms with van der Waals surface area (Å²) in [5, 5.41) is 8.66. The molecule has 4 rings (SSSR count). The maximum atomic E-state index is 12.7. The largest absolute Gasteiger partial charge is 0.302 e. The number of carbonyl (C=O) groups excluding carboxylic acids is 1. The third-order valence-electron chi connectivity index (χ3n) is 4.74. The first kappa shape index (κ1) is 18.8. The van der Waals surface area contributed by atoms with Crippen molar-refractivity contribution in [1.82, 2.24) is 24.6 Å². The first-order valence-corrected chi connectivity index (χ1v) is 10.8. The summed E-state index contributed by atoms with van der Waals surface area (Å²) in [5.74, 6) is 0.438. The van der Waals surface area contributed by atoms with Gasteiger partial charge in [-0.15, -0.1) is 5.10 Å². The van der Waals surface area contributed by atoms with Gasteiger partial charge >= 0.3 is 0 Å². The van der Waals surface area contributed by atoms with Crippen molar-refractivity contribution in [2.24, 2.45) is 0 Å². The third kappa shape index (κ3) is 3.24. The number of fused-ring (bicyclic) bond motifs is 2. The summed E-state index contributed by atoms with van der Waals surface area (Å²) in [6.07, 6.45) is 2.13. The van der Waals surface area contributed by atoms with Gasteiger partial charge < -0.3 is 5.32 Å². The standard InChI is InChI=1S/C19H20N6OS2/c1-9-6-7-10(2)16-15(9)22-18(28-16)21-14(26)8-13-11(3)20-17-23-19(27-5)24-25(17)12(13)4/h6-7H,8H2,1-5H3,(H,21,22,26). The Kier molecular flexibility index (Phi) is 4.80. The van der Waals surface area contributed by atoms with Crippen LogP contribution in [0, 0.1) is 27.7 Å². The van der Waals surface area contributed by atoms with E-state index in [0.717, 1.165) is 38.3 Å². The van der Waals surface area contributed by atoms with Crippen molar-refractivity contribution in [3.8, 4) is 0 Å². The molecular weight excluding hydrogens is 392 g/mol. The van der Waals surface area contributed by atoms with Crippen LogP contribution >= 0.6 is 23.1 Å². The van der Waals surface area contributed by atoms with Crippen LogP contribution in [0.4, 0.5) is 5.13 Å². The fourth-order valence-corrected chi connectivity index (χ4v) is 4.53. The first-order valence-electron chi connectivity index (χ1n) is 8.80. The highest BCUT2D eigenvalue weighted by molar-refractivity contribution is 7.98. The summed E-state index contributed by atoms with van der Waals surface area (Å²) in [6.45, 7) is 7.92. The van der Waals surface area contributed by atoms with Crippen molar-refractivity contribution < 1.29 is 4.79 Å². The van der Waals surface area contributed by atoms with Crippen molar-refractivity contribution in [1.29, 1.82) is 0 Å². The lowest BCUT2D eigenvalue weighted by molar-refractivity contribution is -0.115. The van der Waals surface area contributed by atoms with E-state index in [-0.39, 0.29) is 12.3 Å². The molecule has 0 unspecified atom stereocenters. The maximum Gasteiger partial charge on any atom is 0.253 e. The van der Waals surface area contributed by atoms with Gasteiger partial charge in [0.2, 0.25) is 11.1 Å². The van der Waals surface area contributed by atoms with Crippen LogP contribution in [0.2, 0.25) is 0 Å². The normalized spacial score (nSPS) is 11.5. The van der Waals surface area contributed by atoms with Crippen LogP contribution in [0.25, 0.3) is 16.0 Å². The summed E-state index contributed by atoms with van der Waals surface area (Å²) in [7, 11) is 0. The number of thiazole rings is 1. The maximum absolute atomic E-state index is 12.7. The Morgan fingerprint density at radius 1 is 1.14 bits per heavy atom. The number of hydrogen-bond donors (Lipinski definition) is 1. The third-order valence-corrected chi connectivity index (χ3v) is 6.38. The molecule has 0 spiro atoms. The van der Waals surface area contributed by atoms with Gasteiger partial charge in [0, 0.05) is 17.0 Å². The molecule has 0 fully saturated rings. The van der Waals surface area contributed by atoms with Crippen LogP contribution in [0.1, 0.15) is 28.1 Å². The van der Waals surface area contributed by atoms with Gasteiger partial charge in [0.15, 0.2) is 5.13 Å². The number of amides is 1. The van der Waals surface area contributed by atoms with Gasteiger partial charge in [-0.25, -0.2) is 14.5 Å². The molecule has 0 aliphatic carbocycles. The minimum atomic E-state index is -0.119. The topological polar surface area (TPSA) is 85.1 Å². The minimum Gasteiger partial charge on any atom is -0.302 e. The molecule has 9 heteroatoms. The molecule has 0 aliphatic heterocycles. The lowest BCUT2D eigenvalue weighted by atomic mass is 10.1. The Hall–Kier alpha value is -2.52. The quantitative estimate of drug-likeness (QED) is 0.512. The molecule has 3 heterocycles. The summed E-state index contributed by atoms with van der Waals surface area (Å²) < 4.78 is 2.81. The predicted molar refractivity (Wildman–Crippen MR) is 113 cm³/mol. The van der Waals surface area contributed by atoms with Gasteiger partial charge in [0.1, 0.15) is 0 Å². The molecule has 0 radical (unpaired) electrons. The van der Waals surface area contributed by atoms with E-state index in [1.165, 1.54) is 23.1 Å². The van der Waals surface area contributed by atoms with Gasteiger partial charge in [-0.1, -0.05) is 35.2 Å². The Bertz CT molecular complexity index is 1190. The molecule has 1 aromatic carbocycles. The second-order valence-corrected chi connectivity index (χ2v) is 8.47. The molecule has 4 aromatic rings. The molecule has 28 heavy (non-hydrogen) atoms. The fraction of sp³-hybridized carbons (Fsp3) is 0.316. The number of anilines is 1. The average molecular weight is 413 g/mol. The Morgan fingerprint density at radius 2 is 1.89 bits per heavy atom. The van der Waals surface area contributed by atoms with Gasteiger partial charge in [-0.05, 0) is 45.1 Å². The number of carbonyl (C=O) groups is 1. The molecule has 3 aromatic heterocycles. The number of rotatable bonds is 4. The van der Waals surface area contributed by atoms with Gasteiger partial charge in [-0.3, -0.25) is 4.79 Å². The highest BCUT2D eigenvalue weighted by atomic mass is 32.2. The molecule has 0 bridgehead atoms. The molecule has 7 nitrogen and oxygen atoms in total. The van der Waals surface area contributed by atoms with Crippen LogP contribution in [0.3, 0.4) is 0 Å². The summed E-state index contributed by atoms with van der Waals surface area (Å²) in [4.78, 5) is 26.2. The summed E-state index contributed by atoms with van der Waals surface area (Å²) in [5.41, 5.74) is 5.74. The van der Waals surface area contributed by atoms with E-state index >= 15 is 0 Å². The van der Waals surface area contributed by atoms with E-state index in [1.54, 1.807) is 4.52 Å². The number of hydrogen-bond acceptors (Lipinski definition) is 7. The van der Waals surface area contributed by atoms with Gasteiger partial charge in [0.25, 0.3) is 5.78 Å². The lowest BCUT2D eigenvalue weighted by Gasteiger charge is -2.09. The molecule has 1 amide bonds. The Balaban J connectivity index is 1.62. The van der Waals surface area contributed by atoms with Crippen LogP contribution < -0.4 is 5.32 Å². The van der Waals surface area contributed by atoms with Crippen LogP contribution in [-0.4, -0.2) is 36.7 Å². The smallest absolute Gasteiger partial charge is 0.253 e. The van der Waals surface area contributed by atoms with Crippen molar-refractivity contribution in [3.05, 3.63) is 40.2 Å². The van der Waals surface area contributed by atoms with Crippen LogP contribution in [0.15, 0.2) is 17.3 Å². The summed E-state index contributed by atoms with van der Waals surface area (Å²) in [6, 6.07) is 4.13. The Morgan fingerprint density at radius 3 is 2.61 bits per heavy atom. The predicted octanol–water partition coefficient (Wildman–Crippen LogP) is 3.87. The van der Waals surface area contributed by atoms with Crippen molar-refractivity contribution in [3.63, 3.8) is 0 Å². The van der Waals surface area contributed by atoms with E-state index in [0.29, 0.717) is 16.1 Å². The number of aromatic nitrogens is 5. The number of thioether (sulfide) groups is 1. The molecule has 0 atom stereocenters. The number of nitrogens with one attached hydrogen (secondary N) is 1. The molecule has 0 saturated heterocycles. The van der Waals surface area contributed by atoms with Crippen LogP contribution in [0.5, 0.6) is 0 Å². The fourth-order valence-electron chi connectivity index (χ4n) is 3.17. The van der Waals surface area contributed by atoms with E-state index in [1.807, 2.05) is 27.0 Å². The van der Waals surface area contributed by atoms with E-state index in [9.17, 15) is 4.79 Å². The molecular formula is C19H20N6OS2. The van der Waals surface area contributed by atoms with Crippen LogP contribution in [-0.2, 0) is 11.2 Å². The zero-order chi connectivity index (χ0) is 20.0. The number of aryl methyl sites for hydroxylation is 4. The molecule has 1 N–H and O–H groups in total. The van der Waals surface area contributed by atoms with Crippen molar-refractivity contribution in [2.75, 3.05) is 11.6 Å². The van der Waals surface area contributed by atoms with Crippen molar-refractivity contribution >= 4 is 50.1 Å². The van der Waals surface area contributed by atoms with Crippen molar-refractivity contribution in [2.45, 2.75) is 39.3 Å². The highest BCUT2D eigenvalue weighted by Gasteiger charge is 2.17. The van der Waals surface area contributed by atoms with E-state index in [4.69, 9.17) is 0 Å². The van der Waals surface area contributed by atoms with Gasteiger partial charge in [0.05, 0.1) is 16.6 Å². The Labute approximate surface area is 170 Å². The zero-order valence-electron chi connectivity index (χ0n) is 16.3. The molecule has 0 aliphatic rings. The van der Waals surface area contributed by atoms with Gasteiger partial charge in [-0.2, -0.15) is 4.98 Å². The lowest BCUT2D eigenvalue weighted by Crippen LogP contribution is -2.17.